The molecule has 0 aliphatic carbocycles. The fraction of sp³-hybridized carbons (Fsp3) is 0.500. The number of hydrogen-bond donors (Lipinski definition) is 2. The monoisotopic (exact) mass is 313 g/mol. The Kier molecular flexibility index (Phi) is 5.35. The van der Waals surface area contributed by atoms with Crippen LogP contribution in [-0.2, 0) is 10.2 Å². The average molecular weight is 314 g/mol. The maximum absolute atomic E-state index is 11.2. The maximum atomic E-state index is 11.2. The lowest BCUT2D eigenvalue weighted by molar-refractivity contribution is -0.138. The van der Waals surface area contributed by atoms with Gasteiger partial charge in [-0.2, -0.15) is 0 Å². The van der Waals surface area contributed by atoms with Gasteiger partial charge in [-0.05, 0) is 30.5 Å². The van der Waals surface area contributed by atoms with Crippen LogP contribution in [0, 0.1) is 0 Å². The van der Waals surface area contributed by atoms with Crippen molar-refractivity contribution in [2.75, 3.05) is 0 Å². The Morgan fingerprint density at radius 1 is 1.39 bits per heavy atom. The van der Waals surface area contributed by atoms with E-state index < -0.39 is 11.4 Å². The van der Waals surface area contributed by atoms with Gasteiger partial charge < -0.3 is 10.8 Å². The van der Waals surface area contributed by atoms with Crippen LogP contribution >= 0.6 is 15.9 Å². The summed E-state index contributed by atoms with van der Waals surface area (Å²) in [7, 11) is 0. The van der Waals surface area contributed by atoms with Crippen molar-refractivity contribution in [3.63, 3.8) is 0 Å². The Morgan fingerprint density at radius 2 is 1.94 bits per heavy atom. The van der Waals surface area contributed by atoms with Gasteiger partial charge in [0.05, 0.1) is 6.42 Å². The summed E-state index contributed by atoms with van der Waals surface area (Å²) in [5.74, 6) is -0.802. The number of aliphatic carboxylic acids is 1. The van der Waals surface area contributed by atoms with E-state index >= 15 is 0 Å². The van der Waals surface area contributed by atoms with Crippen molar-refractivity contribution in [1.82, 2.24) is 0 Å². The summed E-state index contributed by atoms with van der Waals surface area (Å²) in [6, 6.07) is 7.64. The lowest BCUT2D eigenvalue weighted by Crippen LogP contribution is -2.46. The summed E-state index contributed by atoms with van der Waals surface area (Å²) in [5, 5.41) is 9.18. The lowest BCUT2D eigenvalue weighted by Gasteiger charge is -2.37. The summed E-state index contributed by atoms with van der Waals surface area (Å²) in [5.41, 5.74) is 6.73. The van der Waals surface area contributed by atoms with Crippen LogP contribution < -0.4 is 5.73 Å². The number of benzene rings is 1. The third-order valence-corrected chi connectivity index (χ3v) is 4.19. The first kappa shape index (κ1) is 15.2. The summed E-state index contributed by atoms with van der Waals surface area (Å²) in [6.07, 6.45) is 1.55. The lowest BCUT2D eigenvalue weighted by atomic mass is 9.69. The SMILES string of the molecule is CCC(N)C(CC)(CC(=O)O)c1ccc(Br)cc1. The van der Waals surface area contributed by atoms with E-state index in [4.69, 9.17) is 5.73 Å². The molecule has 0 saturated carbocycles. The van der Waals surface area contributed by atoms with Crippen molar-refractivity contribution in [2.24, 2.45) is 5.73 Å². The van der Waals surface area contributed by atoms with Gasteiger partial charge in [-0.3, -0.25) is 4.79 Å². The van der Waals surface area contributed by atoms with Crippen LogP contribution in [0.3, 0.4) is 0 Å². The molecule has 0 spiro atoms. The van der Waals surface area contributed by atoms with Crippen LogP contribution in [0.15, 0.2) is 28.7 Å². The van der Waals surface area contributed by atoms with Crippen molar-refractivity contribution in [3.8, 4) is 0 Å². The zero-order valence-corrected chi connectivity index (χ0v) is 12.4. The van der Waals surface area contributed by atoms with Crippen molar-refractivity contribution in [1.29, 1.82) is 0 Å². The molecule has 4 heteroatoms. The standard InChI is InChI=1S/C14H20BrNO2/c1-3-12(16)14(4-2,9-13(17)18)10-5-7-11(15)8-6-10/h5-8,12H,3-4,9,16H2,1-2H3,(H,17,18). The number of carbonyl (C=O) groups is 1. The summed E-state index contributed by atoms with van der Waals surface area (Å²) in [4.78, 5) is 11.2. The fourth-order valence-electron chi connectivity index (χ4n) is 2.48. The highest BCUT2D eigenvalue weighted by atomic mass is 79.9. The van der Waals surface area contributed by atoms with Crippen LogP contribution in [0.4, 0.5) is 0 Å². The van der Waals surface area contributed by atoms with Crippen molar-refractivity contribution in [3.05, 3.63) is 34.3 Å². The van der Waals surface area contributed by atoms with E-state index in [0.717, 1.165) is 22.9 Å². The Balaban J connectivity index is 3.24. The number of hydrogen-bond acceptors (Lipinski definition) is 2. The van der Waals surface area contributed by atoms with E-state index in [1.54, 1.807) is 0 Å². The Bertz CT molecular complexity index is 405. The van der Waals surface area contributed by atoms with Gasteiger partial charge >= 0.3 is 5.97 Å². The molecule has 0 saturated heterocycles. The maximum Gasteiger partial charge on any atom is 0.304 e. The van der Waals surface area contributed by atoms with Gasteiger partial charge in [0.25, 0.3) is 0 Å². The zero-order chi connectivity index (χ0) is 13.8. The minimum absolute atomic E-state index is 0.0696. The predicted molar refractivity (Wildman–Crippen MR) is 76.6 cm³/mol. The van der Waals surface area contributed by atoms with Crippen molar-refractivity contribution >= 4 is 21.9 Å². The third kappa shape index (κ3) is 3.12. The van der Waals surface area contributed by atoms with E-state index in [9.17, 15) is 9.90 Å². The first-order valence-electron chi connectivity index (χ1n) is 6.19. The zero-order valence-electron chi connectivity index (χ0n) is 10.8. The molecule has 2 atom stereocenters. The van der Waals surface area contributed by atoms with Crippen LogP contribution in [-0.4, -0.2) is 17.1 Å². The Hall–Kier alpha value is -0.870. The molecule has 0 aliphatic heterocycles. The molecule has 0 amide bonds. The summed E-state index contributed by atoms with van der Waals surface area (Å²) in [6.45, 7) is 4.00. The van der Waals surface area contributed by atoms with Crippen LogP contribution in [0.25, 0.3) is 0 Å². The fourth-order valence-corrected chi connectivity index (χ4v) is 2.75. The van der Waals surface area contributed by atoms with Gasteiger partial charge in [0.15, 0.2) is 0 Å². The molecule has 3 N–H and O–H groups in total. The van der Waals surface area contributed by atoms with Crippen molar-refractivity contribution in [2.45, 2.75) is 44.6 Å². The molecule has 0 radical (unpaired) electrons. The Morgan fingerprint density at radius 3 is 2.33 bits per heavy atom. The molecular weight excluding hydrogens is 294 g/mol. The largest absolute Gasteiger partial charge is 0.481 e. The minimum atomic E-state index is -0.802. The second kappa shape index (κ2) is 6.34. The predicted octanol–water partition coefficient (Wildman–Crippen LogP) is 3.31. The molecular formula is C14H20BrNO2. The summed E-state index contributed by atoms with van der Waals surface area (Å²) < 4.78 is 0.983. The van der Waals surface area contributed by atoms with Gasteiger partial charge in [-0.25, -0.2) is 0 Å². The molecule has 100 valence electrons. The van der Waals surface area contributed by atoms with E-state index in [1.807, 2.05) is 38.1 Å². The molecule has 18 heavy (non-hydrogen) atoms. The number of rotatable bonds is 6. The molecule has 0 bridgehead atoms. The topological polar surface area (TPSA) is 63.3 Å². The highest BCUT2D eigenvalue weighted by Crippen LogP contribution is 2.36. The number of carboxylic acids is 1. The molecule has 1 aromatic carbocycles. The number of carboxylic acid groups (broad SMARTS) is 1. The average Bonchev–Trinajstić information content (AvgIpc) is 2.35. The van der Waals surface area contributed by atoms with Gasteiger partial charge in [-0.1, -0.05) is 41.9 Å². The minimum Gasteiger partial charge on any atom is -0.481 e. The third-order valence-electron chi connectivity index (χ3n) is 3.67. The molecule has 0 heterocycles. The molecule has 1 rings (SSSR count). The van der Waals surface area contributed by atoms with Crippen LogP contribution in [0.1, 0.15) is 38.7 Å². The molecule has 0 aromatic heterocycles. The highest BCUT2D eigenvalue weighted by Gasteiger charge is 2.38. The smallest absolute Gasteiger partial charge is 0.304 e. The van der Waals surface area contributed by atoms with Crippen LogP contribution in [0.5, 0.6) is 0 Å². The van der Waals surface area contributed by atoms with Gasteiger partial charge in [0.1, 0.15) is 0 Å². The van der Waals surface area contributed by atoms with E-state index in [0.29, 0.717) is 0 Å². The normalized spacial score (nSPS) is 16.0. The molecule has 2 unspecified atom stereocenters. The molecule has 0 fully saturated rings. The number of nitrogens with two attached hydrogens (primary N) is 1. The second-order valence-corrected chi connectivity index (χ2v) is 5.52. The van der Waals surface area contributed by atoms with Gasteiger partial charge in [-0.15, -0.1) is 0 Å². The van der Waals surface area contributed by atoms with Gasteiger partial charge in [0.2, 0.25) is 0 Å². The highest BCUT2D eigenvalue weighted by molar-refractivity contribution is 9.10. The van der Waals surface area contributed by atoms with E-state index in [2.05, 4.69) is 15.9 Å². The quantitative estimate of drug-likeness (QED) is 0.847. The van der Waals surface area contributed by atoms with Gasteiger partial charge in [0, 0.05) is 15.9 Å². The first-order valence-corrected chi connectivity index (χ1v) is 6.99. The molecule has 0 aliphatic rings. The van der Waals surface area contributed by atoms with Crippen LogP contribution in [0.2, 0.25) is 0 Å². The first-order chi connectivity index (χ1) is 8.46. The van der Waals surface area contributed by atoms with Crippen molar-refractivity contribution < 1.29 is 9.90 Å². The molecule has 1 aromatic rings. The van der Waals surface area contributed by atoms with E-state index in [1.165, 1.54) is 0 Å². The van der Waals surface area contributed by atoms with E-state index in [-0.39, 0.29) is 12.5 Å². The molecule has 3 nitrogen and oxygen atoms in total. The summed E-state index contributed by atoms with van der Waals surface area (Å²) >= 11 is 3.39. The Labute approximate surface area is 117 Å². The second-order valence-electron chi connectivity index (χ2n) is 4.60. The number of halogens is 1.